The Labute approximate surface area is 140 Å². The molecular weight excluding hydrogens is 330 g/mol. The molecule has 2 aromatic carbocycles. The maximum Gasteiger partial charge on any atom is 0.230 e. The highest BCUT2D eigenvalue weighted by Gasteiger charge is 2.39. The first kappa shape index (κ1) is 16.3. The standard InChI is InChI=1S/C17H19NO3S2/c1-17(8-9-23(20,21)12-17)18-16(19)11-22-15-7-6-13-4-2-3-5-14(13)10-15/h2-7,10H,8-9,11-12H2,1H3,(H,18,19)/t17-/m0/s1. The lowest BCUT2D eigenvalue weighted by molar-refractivity contribution is -0.120. The zero-order valence-corrected chi connectivity index (χ0v) is 14.5. The predicted molar refractivity (Wildman–Crippen MR) is 94.5 cm³/mol. The fourth-order valence-electron chi connectivity index (χ4n) is 2.89. The first-order chi connectivity index (χ1) is 10.9. The average Bonchev–Trinajstić information content (AvgIpc) is 2.78. The molecule has 0 radical (unpaired) electrons. The van der Waals surface area contributed by atoms with Crippen LogP contribution in [0.15, 0.2) is 47.4 Å². The molecule has 0 saturated carbocycles. The smallest absolute Gasteiger partial charge is 0.230 e. The number of hydrogen-bond acceptors (Lipinski definition) is 4. The van der Waals surface area contributed by atoms with Gasteiger partial charge >= 0.3 is 0 Å². The van der Waals surface area contributed by atoms with Crippen molar-refractivity contribution in [3.63, 3.8) is 0 Å². The van der Waals surface area contributed by atoms with Crippen LogP contribution < -0.4 is 5.32 Å². The quantitative estimate of drug-likeness (QED) is 0.862. The lowest BCUT2D eigenvalue weighted by Crippen LogP contribution is -2.47. The van der Waals surface area contributed by atoms with E-state index in [1.807, 2.05) is 30.3 Å². The minimum Gasteiger partial charge on any atom is -0.349 e. The molecule has 0 aromatic heterocycles. The zero-order valence-electron chi connectivity index (χ0n) is 12.9. The van der Waals surface area contributed by atoms with E-state index in [4.69, 9.17) is 0 Å². The van der Waals surface area contributed by atoms with Crippen molar-refractivity contribution in [2.45, 2.75) is 23.8 Å². The van der Waals surface area contributed by atoms with E-state index in [0.717, 1.165) is 10.3 Å². The van der Waals surface area contributed by atoms with Gasteiger partial charge in [-0.25, -0.2) is 8.42 Å². The van der Waals surface area contributed by atoms with Crippen LogP contribution in [0.25, 0.3) is 10.8 Å². The molecule has 1 heterocycles. The van der Waals surface area contributed by atoms with Gasteiger partial charge in [0.25, 0.3) is 0 Å². The molecule has 0 spiro atoms. The summed E-state index contributed by atoms with van der Waals surface area (Å²) in [6.07, 6.45) is 0.488. The van der Waals surface area contributed by atoms with Gasteiger partial charge in [-0.2, -0.15) is 0 Å². The van der Waals surface area contributed by atoms with Crippen molar-refractivity contribution in [2.24, 2.45) is 0 Å². The summed E-state index contributed by atoms with van der Waals surface area (Å²) in [5, 5.41) is 5.20. The van der Waals surface area contributed by atoms with Crippen molar-refractivity contribution in [2.75, 3.05) is 17.3 Å². The SMILES string of the molecule is C[C@]1(NC(=O)CSc2ccc3ccccc3c2)CCS(=O)(=O)C1. The highest BCUT2D eigenvalue weighted by atomic mass is 32.2. The second-order valence-electron chi connectivity index (χ2n) is 6.25. The van der Waals surface area contributed by atoms with Gasteiger partial charge in [0.1, 0.15) is 0 Å². The normalized spacial score (nSPS) is 23.0. The van der Waals surface area contributed by atoms with Crippen LogP contribution in [0.3, 0.4) is 0 Å². The molecule has 1 atom stereocenters. The second-order valence-corrected chi connectivity index (χ2v) is 9.48. The van der Waals surface area contributed by atoms with Crippen LogP contribution in [-0.4, -0.2) is 37.1 Å². The van der Waals surface area contributed by atoms with Crippen molar-refractivity contribution in [1.82, 2.24) is 5.32 Å². The molecule has 1 aliphatic heterocycles. The van der Waals surface area contributed by atoms with E-state index >= 15 is 0 Å². The minimum atomic E-state index is -3.01. The summed E-state index contributed by atoms with van der Waals surface area (Å²) >= 11 is 1.46. The minimum absolute atomic E-state index is 0.0341. The number of benzene rings is 2. The molecule has 1 aliphatic rings. The molecule has 23 heavy (non-hydrogen) atoms. The Morgan fingerprint density at radius 3 is 2.65 bits per heavy atom. The summed E-state index contributed by atoms with van der Waals surface area (Å²) in [5.41, 5.74) is -0.625. The van der Waals surface area contributed by atoms with E-state index in [9.17, 15) is 13.2 Å². The number of carbonyl (C=O) groups is 1. The molecule has 122 valence electrons. The number of fused-ring (bicyclic) bond motifs is 1. The monoisotopic (exact) mass is 349 g/mol. The van der Waals surface area contributed by atoms with E-state index in [0.29, 0.717) is 6.42 Å². The number of amides is 1. The van der Waals surface area contributed by atoms with Gasteiger partial charge in [-0.1, -0.05) is 30.3 Å². The molecule has 1 fully saturated rings. The Morgan fingerprint density at radius 2 is 1.96 bits per heavy atom. The topological polar surface area (TPSA) is 63.2 Å². The number of carbonyl (C=O) groups excluding carboxylic acids is 1. The summed E-state index contributed by atoms with van der Waals surface area (Å²) in [6.45, 7) is 1.80. The van der Waals surface area contributed by atoms with Gasteiger partial charge in [0.15, 0.2) is 9.84 Å². The lowest BCUT2D eigenvalue weighted by atomic mass is 10.0. The van der Waals surface area contributed by atoms with Gasteiger partial charge in [-0.15, -0.1) is 11.8 Å². The number of rotatable bonds is 4. The molecule has 6 heteroatoms. The van der Waals surface area contributed by atoms with Gasteiger partial charge in [0.2, 0.25) is 5.91 Å². The van der Waals surface area contributed by atoms with Crippen LogP contribution in [0.4, 0.5) is 0 Å². The second kappa shape index (κ2) is 6.17. The molecule has 1 saturated heterocycles. The van der Waals surface area contributed by atoms with Crippen LogP contribution in [0.2, 0.25) is 0 Å². The zero-order chi connectivity index (χ0) is 16.5. The molecular formula is C17H19NO3S2. The molecule has 1 N–H and O–H groups in total. The fourth-order valence-corrected chi connectivity index (χ4v) is 5.73. The van der Waals surface area contributed by atoms with E-state index < -0.39 is 15.4 Å². The molecule has 4 nitrogen and oxygen atoms in total. The largest absolute Gasteiger partial charge is 0.349 e. The highest BCUT2D eigenvalue weighted by molar-refractivity contribution is 8.00. The molecule has 0 unspecified atom stereocenters. The van der Waals surface area contributed by atoms with Crippen LogP contribution in [0.1, 0.15) is 13.3 Å². The van der Waals surface area contributed by atoms with Crippen LogP contribution in [0.5, 0.6) is 0 Å². The van der Waals surface area contributed by atoms with Crippen LogP contribution in [-0.2, 0) is 14.6 Å². The predicted octanol–water partition coefficient (Wildman–Crippen LogP) is 2.63. The van der Waals surface area contributed by atoms with Gasteiger partial charge in [-0.05, 0) is 36.2 Å². The summed E-state index contributed by atoms with van der Waals surface area (Å²) in [6, 6.07) is 14.2. The van der Waals surface area contributed by atoms with E-state index in [1.54, 1.807) is 6.92 Å². The van der Waals surface area contributed by atoms with Crippen LogP contribution >= 0.6 is 11.8 Å². The Kier molecular flexibility index (Phi) is 4.38. The van der Waals surface area contributed by atoms with Crippen molar-refractivity contribution < 1.29 is 13.2 Å². The average molecular weight is 349 g/mol. The molecule has 3 rings (SSSR count). The summed E-state index contributed by atoms with van der Waals surface area (Å²) in [4.78, 5) is 13.2. The van der Waals surface area contributed by atoms with Gasteiger partial charge in [-0.3, -0.25) is 4.79 Å². The Morgan fingerprint density at radius 1 is 1.22 bits per heavy atom. The third kappa shape index (κ3) is 4.06. The molecule has 0 aliphatic carbocycles. The fraction of sp³-hybridized carbons (Fsp3) is 0.353. The van der Waals surface area contributed by atoms with Crippen molar-refractivity contribution in [3.05, 3.63) is 42.5 Å². The maximum absolute atomic E-state index is 12.1. The van der Waals surface area contributed by atoms with Gasteiger partial charge in [0, 0.05) is 4.90 Å². The number of thioether (sulfide) groups is 1. The summed E-state index contributed by atoms with van der Waals surface area (Å²) in [7, 11) is -3.01. The first-order valence-electron chi connectivity index (χ1n) is 7.48. The highest BCUT2D eigenvalue weighted by Crippen LogP contribution is 2.25. The third-order valence-corrected chi connectivity index (χ3v) is 6.93. The molecule has 0 bridgehead atoms. The lowest BCUT2D eigenvalue weighted by Gasteiger charge is -2.23. The number of hydrogen-bond donors (Lipinski definition) is 1. The van der Waals surface area contributed by atoms with Gasteiger partial charge in [0.05, 0.1) is 22.8 Å². The van der Waals surface area contributed by atoms with Gasteiger partial charge < -0.3 is 5.32 Å². The summed E-state index contributed by atoms with van der Waals surface area (Å²) < 4.78 is 23.1. The molecule has 1 amide bonds. The number of sulfone groups is 1. The van der Waals surface area contributed by atoms with E-state index in [-0.39, 0.29) is 23.2 Å². The van der Waals surface area contributed by atoms with E-state index in [2.05, 4.69) is 17.4 Å². The Balaban J connectivity index is 1.60. The van der Waals surface area contributed by atoms with E-state index in [1.165, 1.54) is 17.1 Å². The number of nitrogens with one attached hydrogen (secondary N) is 1. The first-order valence-corrected chi connectivity index (χ1v) is 10.3. The molecule has 2 aromatic rings. The Hall–Kier alpha value is -1.53. The Bertz CT molecular complexity index is 848. The van der Waals surface area contributed by atoms with Crippen molar-refractivity contribution >= 4 is 38.3 Å². The van der Waals surface area contributed by atoms with Crippen molar-refractivity contribution in [1.29, 1.82) is 0 Å². The third-order valence-electron chi connectivity index (χ3n) is 4.04. The van der Waals surface area contributed by atoms with Crippen molar-refractivity contribution in [3.8, 4) is 0 Å². The summed E-state index contributed by atoms with van der Waals surface area (Å²) in [5.74, 6) is 0.352. The maximum atomic E-state index is 12.1. The van der Waals surface area contributed by atoms with Crippen LogP contribution in [0, 0.1) is 0 Å².